The molecule has 0 bridgehead atoms. The Morgan fingerprint density at radius 1 is 1.29 bits per heavy atom. The lowest BCUT2D eigenvalue weighted by Crippen LogP contribution is -2.68. The maximum absolute atomic E-state index is 16.9. The minimum Gasteiger partial charge on any atom is -0.458 e. The fraction of sp³-hybridized carbons (Fsp3) is 0.609. The number of Topliss-reactive ketones (excluding diaryl/α,β-unsaturated/α-hetero) is 1. The molecule has 4 rings (SSSR count). The molecule has 0 radical (unpaired) electrons. The molecule has 4 aliphatic rings. The monoisotopic (exact) mass is 434 g/mol. The van der Waals surface area contributed by atoms with Crippen LogP contribution in [0.5, 0.6) is 0 Å². The van der Waals surface area contributed by atoms with Crippen molar-refractivity contribution in [2.24, 2.45) is 16.7 Å². The van der Waals surface area contributed by atoms with Gasteiger partial charge in [-0.3, -0.25) is 14.4 Å². The molecule has 7 atom stereocenters. The first-order chi connectivity index (χ1) is 14.3. The van der Waals surface area contributed by atoms with Crippen LogP contribution in [0, 0.1) is 16.7 Å². The van der Waals surface area contributed by atoms with Crippen molar-refractivity contribution in [3.05, 3.63) is 35.5 Å². The van der Waals surface area contributed by atoms with Gasteiger partial charge in [0.1, 0.15) is 6.10 Å². The summed E-state index contributed by atoms with van der Waals surface area (Å²) < 4.78 is 21.6. The van der Waals surface area contributed by atoms with Gasteiger partial charge < -0.3 is 20.1 Å². The van der Waals surface area contributed by atoms with Crippen LogP contribution in [0.2, 0.25) is 0 Å². The van der Waals surface area contributed by atoms with Gasteiger partial charge in [0.05, 0.1) is 6.10 Å². The molecular formula is C23H27FO7. The normalized spacial score (nSPS) is 45.8. The number of esters is 1. The summed E-state index contributed by atoms with van der Waals surface area (Å²) in [6.45, 7) is 3.55. The average Bonchev–Trinajstić information content (AvgIpc) is 2.89. The van der Waals surface area contributed by atoms with Crippen LogP contribution in [0.25, 0.3) is 0 Å². The average molecular weight is 434 g/mol. The molecule has 168 valence electrons. The van der Waals surface area contributed by atoms with Gasteiger partial charge in [0.2, 0.25) is 5.78 Å². The summed E-state index contributed by atoms with van der Waals surface area (Å²) in [5, 5.41) is 33.2. The molecule has 31 heavy (non-hydrogen) atoms. The summed E-state index contributed by atoms with van der Waals surface area (Å²) in [7, 11) is 0. The number of halogens is 1. The number of aliphatic hydroxyl groups is 3. The van der Waals surface area contributed by atoms with Crippen molar-refractivity contribution < 1.29 is 38.8 Å². The molecule has 0 spiro atoms. The Bertz CT molecular complexity index is 967. The number of fused-ring (bicyclic) bond motifs is 5. The highest BCUT2D eigenvalue weighted by atomic mass is 19.1. The Morgan fingerprint density at radius 2 is 1.97 bits per heavy atom. The number of ketones is 2. The summed E-state index contributed by atoms with van der Waals surface area (Å²) in [5.74, 6) is -2.74. The number of aliphatic hydroxyl groups excluding tert-OH is 2. The van der Waals surface area contributed by atoms with Crippen LogP contribution >= 0.6 is 0 Å². The van der Waals surface area contributed by atoms with Crippen molar-refractivity contribution in [1.82, 2.24) is 0 Å². The molecule has 7 nitrogen and oxygen atoms in total. The summed E-state index contributed by atoms with van der Waals surface area (Å²) in [6.07, 6.45) is 2.62. The van der Waals surface area contributed by atoms with Crippen molar-refractivity contribution in [3.8, 4) is 0 Å². The van der Waals surface area contributed by atoms with E-state index in [-0.39, 0.29) is 18.6 Å². The molecule has 4 aliphatic carbocycles. The fourth-order valence-corrected chi connectivity index (χ4v) is 6.34. The zero-order valence-corrected chi connectivity index (χ0v) is 17.7. The molecule has 0 heterocycles. The van der Waals surface area contributed by atoms with Gasteiger partial charge in [0, 0.05) is 23.7 Å². The van der Waals surface area contributed by atoms with E-state index in [1.165, 1.54) is 31.2 Å². The van der Waals surface area contributed by atoms with Crippen LogP contribution in [-0.4, -0.2) is 62.9 Å². The SMILES string of the molecule is CC(=O)OCC(=O)[C@@]1(O)C(O)C=C2C3CCC4=CC(=O)C=C[C@]4(C)[C@@]3(F)C(O)C[C@@]21C. The minimum atomic E-state index is -2.37. The van der Waals surface area contributed by atoms with Crippen molar-refractivity contribution in [2.45, 2.75) is 63.5 Å². The summed E-state index contributed by atoms with van der Waals surface area (Å²) in [6, 6.07) is 0. The summed E-state index contributed by atoms with van der Waals surface area (Å²) in [4.78, 5) is 35.8. The maximum atomic E-state index is 16.9. The lowest BCUT2D eigenvalue weighted by atomic mass is 9.46. The van der Waals surface area contributed by atoms with Crippen LogP contribution in [0.15, 0.2) is 35.5 Å². The second kappa shape index (κ2) is 6.67. The molecule has 8 heteroatoms. The number of alkyl halides is 1. The molecule has 0 aromatic carbocycles. The number of allylic oxidation sites excluding steroid dienone is 4. The molecule has 0 aromatic rings. The third kappa shape index (κ3) is 2.58. The van der Waals surface area contributed by atoms with Crippen LogP contribution in [-0.2, 0) is 19.1 Å². The Balaban J connectivity index is 1.78. The number of ether oxygens (including phenoxy) is 1. The Labute approximate surface area is 179 Å². The second-order valence-electron chi connectivity index (χ2n) is 9.56. The van der Waals surface area contributed by atoms with E-state index in [0.29, 0.717) is 17.6 Å². The van der Waals surface area contributed by atoms with Gasteiger partial charge in [-0.2, -0.15) is 0 Å². The van der Waals surface area contributed by atoms with Crippen molar-refractivity contribution in [1.29, 1.82) is 0 Å². The van der Waals surface area contributed by atoms with Crippen LogP contribution < -0.4 is 0 Å². The van der Waals surface area contributed by atoms with Gasteiger partial charge in [-0.15, -0.1) is 0 Å². The van der Waals surface area contributed by atoms with Gasteiger partial charge in [0.15, 0.2) is 23.7 Å². The Morgan fingerprint density at radius 3 is 2.61 bits per heavy atom. The molecule has 0 aliphatic heterocycles. The summed E-state index contributed by atoms with van der Waals surface area (Å²) >= 11 is 0. The zero-order valence-electron chi connectivity index (χ0n) is 17.7. The second-order valence-corrected chi connectivity index (χ2v) is 9.56. The highest BCUT2D eigenvalue weighted by Crippen LogP contribution is 2.68. The van der Waals surface area contributed by atoms with Crippen molar-refractivity contribution in [2.75, 3.05) is 6.61 Å². The topological polar surface area (TPSA) is 121 Å². The van der Waals surface area contributed by atoms with Gasteiger partial charge in [-0.1, -0.05) is 30.2 Å². The molecule has 2 fully saturated rings. The molecular weight excluding hydrogens is 407 g/mol. The number of carbonyl (C=O) groups excluding carboxylic acids is 3. The lowest BCUT2D eigenvalue weighted by Gasteiger charge is -2.61. The number of hydrogen-bond donors (Lipinski definition) is 3. The largest absolute Gasteiger partial charge is 0.458 e. The van der Waals surface area contributed by atoms with Crippen LogP contribution in [0.1, 0.15) is 40.0 Å². The van der Waals surface area contributed by atoms with Gasteiger partial charge in [0.25, 0.3) is 0 Å². The predicted octanol–water partition coefficient (Wildman–Crippen LogP) is 1.11. The predicted molar refractivity (Wildman–Crippen MR) is 106 cm³/mol. The molecule has 3 N–H and O–H groups in total. The Hall–Kier alpha value is -2.16. The molecule has 2 saturated carbocycles. The van der Waals surface area contributed by atoms with E-state index in [4.69, 9.17) is 4.74 Å². The van der Waals surface area contributed by atoms with Crippen molar-refractivity contribution >= 4 is 17.5 Å². The first-order valence-electron chi connectivity index (χ1n) is 10.4. The van der Waals surface area contributed by atoms with Crippen LogP contribution in [0.4, 0.5) is 4.39 Å². The van der Waals surface area contributed by atoms with E-state index in [9.17, 15) is 29.7 Å². The van der Waals surface area contributed by atoms with Gasteiger partial charge >= 0.3 is 5.97 Å². The highest BCUT2D eigenvalue weighted by Gasteiger charge is 2.73. The number of carbonyl (C=O) groups is 3. The highest BCUT2D eigenvalue weighted by molar-refractivity contribution is 6.01. The quantitative estimate of drug-likeness (QED) is 0.449. The minimum absolute atomic E-state index is 0.231. The molecule has 3 unspecified atom stereocenters. The van der Waals surface area contributed by atoms with Gasteiger partial charge in [-0.05, 0) is 38.3 Å². The van der Waals surface area contributed by atoms with E-state index >= 15 is 4.39 Å². The van der Waals surface area contributed by atoms with Crippen LogP contribution in [0.3, 0.4) is 0 Å². The van der Waals surface area contributed by atoms with E-state index < -0.39 is 58.6 Å². The number of hydrogen-bond acceptors (Lipinski definition) is 7. The zero-order chi connectivity index (χ0) is 23.0. The van der Waals surface area contributed by atoms with E-state index in [0.717, 1.165) is 6.92 Å². The first-order valence-corrected chi connectivity index (χ1v) is 10.4. The third-order valence-corrected chi connectivity index (χ3v) is 8.11. The van der Waals surface area contributed by atoms with E-state index in [1.807, 2.05) is 0 Å². The smallest absolute Gasteiger partial charge is 0.303 e. The standard InChI is InChI=1S/C23H27FO7/c1-12(25)31-11-19(29)23(30)17(27)9-16-15-5-4-13-8-14(26)6-7-20(13,2)22(15,24)18(28)10-21(16,23)3/h6-9,15,17-18,27-28,30H,4-5,10-11H2,1-3H3/t15?,17?,18?,20-,21-,22-,23-/m0/s1. The maximum Gasteiger partial charge on any atom is 0.303 e. The van der Waals surface area contributed by atoms with E-state index in [2.05, 4.69) is 0 Å². The first kappa shape index (κ1) is 22.0. The lowest BCUT2D eigenvalue weighted by molar-refractivity contribution is -0.193. The molecule has 0 saturated heterocycles. The third-order valence-electron chi connectivity index (χ3n) is 8.11. The molecule has 0 amide bonds. The van der Waals surface area contributed by atoms with Gasteiger partial charge in [-0.25, -0.2) is 4.39 Å². The summed E-state index contributed by atoms with van der Waals surface area (Å²) in [5.41, 5.74) is -6.27. The number of rotatable bonds is 3. The van der Waals surface area contributed by atoms with Crippen molar-refractivity contribution in [3.63, 3.8) is 0 Å². The molecule has 0 aromatic heterocycles. The Kier molecular flexibility index (Phi) is 4.74. The van der Waals surface area contributed by atoms with E-state index in [1.54, 1.807) is 6.92 Å². The fourth-order valence-electron chi connectivity index (χ4n) is 6.34.